The molecule has 1 amide bonds. The minimum atomic E-state index is -4.77. The van der Waals surface area contributed by atoms with Gasteiger partial charge in [0.25, 0.3) is 5.91 Å². The average molecular weight is 380 g/mol. The van der Waals surface area contributed by atoms with Crippen LogP contribution >= 0.6 is 0 Å². The summed E-state index contributed by atoms with van der Waals surface area (Å²) in [4.78, 5) is 17.5. The van der Waals surface area contributed by atoms with Gasteiger partial charge in [-0.1, -0.05) is 17.3 Å². The van der Waals surface area contributed by atoms with Gasteiger partial charge in [-0.3, -0.25) is 4.79 Å². The molecule has 1 aliphatic rings. The summed E-state index contributed by atoms with van der Waals surface area (Å²) in [7, 11) is 1.55. The molecule has 0 aromatic heterocycles. The minimum absolute atomic E-state index is 0.258. The Labute approximate surface area is 152 Å². The molecule has 0 saturated heterocycles. The van der Waals surface area contributed by atoms with Crippen molar-refractivity contribution in [2.75, 3.05) is 12.4 Å². The number of benzene rings is 2. The topological polar surface area (TPSA) is 69.2 Å². The van der Waals surface area contributed by atoms with Crippen molar-refractivity contribution in [1.29, 1.82) is 0 Å². The smallest absolute Gasteiger partial charge is 0.497 e. The Bertz CT molecular complexity index is 850. The maximum atomic E-state index is 12.3. The van der Waals surface area contributed by atoms with Crippen LogP contribution in [0.15, 0.2) is 53.7 Å². The third-order valence-electron chi connectivity index (χ3n) is 3.72. The molecule has 3 rings (SSSR count). The van der Waals surface area contributed by atoms with Crippen molar-refractivity contribution in [2.24, 2.45) is 5.16 Å². The van der Waals surface area contributed by atoms with Crippen LogP contribution in [-0.2, 0) is 9.63 Å². The Balaban J connectivity index is 1.58. The highest BCUT2D eigenvalue weighted by Crippen LogP contribution is 2.25. The number of nitrogens with one attached hydrogen (secondary N) is 1. The summed E-state index contributed by atoms with van der Waals surface area (Å²) >= 11 is 0. The number of nitrogens with zero attached hydrogens (tertiary/aromatic N) is 1. The van der Waals surface area contributed by atoms with Crippen molar-refractivity contribution >= 4 is 17.3 Å². The third-order valence-corrected chi connectivity index (χ3v) is 3.72. The molecule has 9 heteroatoms. The van der Waals surface area contributed by atoms with E-state index in [1.807, 2.05) is 6.07 Å². The fourth-order valence-corrected chi connectivity index (χ4v) is 2.45. The van der Waals surface area contributed by atoms with Gasteiger partial charge < -0.3 is 19.6 Å². The second-order valence-electron chi connectivity index (χ2n) is 5.63. The summed E-state index contributed by atoms with van der Waals surface area (Å²) in [6, 6.07) is 12.0. The lowest BCUT2D eigenvalue weighted by atomic mass is 10.0. The van der Waals surface area contributed by atoms with E-state index in [2.05, 4.69) is 15.2 Å². The summed E-state index contributed by atoms with van der Waals surface area (Å²) in [6.45, 7) is 0. The maximum Gasteiger partial charge on any atom is 0.573 e. The van der Waals surface area contributed by atoms with Crippen LogP contribution in [0, 0.1) is 0 Å². The van der Waals surface area contributed by atoms with Gasteiger partial charge >= 0.3 is 6.36 Å². The largest absolute Gasteiger partial charge is 0.573 e. The molecule has 2 aromatic carbocycles. The zero-order valence-electron chi connectivity index (χ0n) is 14.1. The van der Waals surface area contributed by atoms with Crippen molar-refractivity contribution < 1.29 is 32.3 Å². The summed E-state index contributed by atoms with van der Waals surface area (Å²) in [5, 5.41) is 6.50. The highest BCUT2D eigenvalue weighted by molar-refractivity contribution is 6.06. The van der Waals surface area contributed by atoms with E-state index in [0.29, 0.717) is 17.1 Å². The number of methoxy groups -OCH3 is 1. The molecule has 0 saturated carbocycles. The number of carbonyl (C=O) groups is 1. The molecule has 142 valence electrons. The van der Waals surface area contributed by atoms with Gasteiger partial charge in [-0.2, -0.15) is 0 Å². The van der Waals surface area contributed by atoms with Crippen molar-refractivity contribution in [3.63, 3.8) is 0 Å². The van der Waals surface area contributed by atoms with E-state index < -0.39 is 18.4 Å². The SMILES string of the molecule is COc1cccc(C2=NO[C@@H](C(=O)Nc3ccc(OC(F)(F)F)cc3)C2)c1. The molecule has 1 aliphatic heterocycles. The van der Waals surface area contributed by atoms with Crippen LogP contribution in [0.3, 0.4) is 0 Å². The Morgan fingerprint density at radius 1 is 1.19 bits per heavy atom. The van der Waals surface area contributed by atoms with Crippen LogP contribution in [0.5, 0.6) is 11.5 Å². The van der Waals surface area contributed by atoms with E-state index in [0.717, 1.165) is 17.7 Å². The van der Waals surface area contributed by atoms with Gasteiger partial charge in [0.1, 0.15) is 11.5 Å². The molecule has 1 N–H and O–H groups in total. The van der Waals surface area contributed by atoms with E-state index in [-0.39, 0.29) is 12.2 Å². The third kappa shape index (κ3) is 4.90. The Morgan fingerprint density at radius 3 is 2.59 bits per heavy atom. The minimum Gasteiger partial charge on any atom is -0.497 e. The summed E-state index contributed by atoms with van der Waals surface area (Å²) < 4.78 is 45.4. The van der Waals surface area contributed by atoms with E-state index in [4.69, 9.17) is 9.57 Å². The zero-order chi connectivity index (χ0) is 19.4. The van der Waals surface area contributed by atoms with Crippen LogP contribution in [0.4, 0.5) is 18.9 Å². The number of anilines is 1. The van der Waals surface area contributed by atoms with Gasteiger partial charge in [-0.05, 0) is 36.4 Å². The number of oxime groups is 1. The van der Waals surface area contributed by atoms with Crippen LogP contribution in [-0.4, -0.2) is 31.2 Å². The lowest BCUT2D eigenvalue weighted by Gasteiger charge is -2.11. The monoisotopic (exact) mass is 380 g/mol. The molecule has 0 radical (unpaired) electrons. The number of ether oxygens (including phenoxy) is 2. The van der Waals surface area contributed by atoms with Crippen LogP contribution in [0.2, 0.25) is 0 Å². The summed E-state index contributed by atoms with van der Waals surface area (Å²) in [5.74, 6) is -0.174. The number of carbonyl (C=O) groups excluding carboxylic acids is 1. The molecule has 6 nitrogen and oxygen atoms in total. The number of alkyl halides is 3. The Kier molecular flexibility index (Phi) is 5.20. The molecule has 0 fully saturated rings. The molecule has 1 heterocycles. The lowest BCUT2D eigenvalue weighted by molar-refractivity contribution is -0.274. The van der Waals surface area contributed by atoms with Gasteiger partial charge in [0.15, 0.2) is 0 Å². The number of rotatable bonds is 5. The number of amides is 1. The molecular formula is C18H15F3N2O4. The van der Waals surface area contributed by atoms with Gasteiger partial charge in [0.2, 0.25) is 6.10 Å². The molecule has 0 bridgehead atoms. The van der Waals surface area contributed by atoms with E-state index >= 15 is 0 Å². The number of halogens is 3. The first kappa shape index (κ1) is 18.6. The maximum absolute atomic E-state index is 12.3. The highest BCUT2D eigenvalue weighted by atomic mass is 19.4. The average Bonchev–Trinajstić information content (AvgIpc) is 3.12. The van der Waals surface area contributed by atoms with Crippen LogP contribution in [0.25, 0.3) is 0 Å². The molecule has 1 atom stereocenters. The predicted octanol–water partition coefficient (Wildman–Crippen LogP) is 3.73. The molecule has 0 unspecified atom stereocenters. The summed E-state index contributed by atoms with van der Waals surface area (Å²) in [6.07, 6.45) is -5.35. The standard InChI is InChI=1S/C18H15F3N2O4/c1-25-14-4-2-3-11(9-14)15-10-16(27-23-15)17(24)22-12-5-7-13(8-6-12)26-18(19,20)21/h2-9,16H,10H2,1H3,(H,22,24)/t16-/m1/s1. The molecule has 0 spiro atoms. The normalized spacial score (nSPS) is 16.3. The van der Waals surface area contributed by atoms with Crippen molar-refractivity contribution in [2.45, 2.75) is 18.9 Å². The van der Waals surface area contributed by atoms with Crippen LogP contribution in [0.1, 0.15) is 12.0 Å². The van der Waals surface area contributed by atoms with Gasteiger partial charge in [-0.25, -0.2) is 0 Å². The quantitative estimate of drug-likeness (QED) is 0.858. The predicted molar refractivity (Wildman–Crippen MR) is 90.8 cm³/mol. The van der Waals surface area contributed by atoms with Gasteiger partial charge in [-0.15, -0.1) is 13.2 Å². The first-order valence-corrected chi connectivity index (χ1v) is 7.88. The van der Waals surface area contributed by atoms with E-state index in [9.17, 15) is 18.0 Å². The van der Waals surface area contributed by atoms with Crippen molar-refractivity contribution in [3.05, 3.63) is 54.1 Å². The van der Waals surface area contributed by atoms with Crippen LogP contribution < -0.4 is 14.8 Å². The number of hydrogen-bond acceptors (Lipinski definition) is 5. The Hall–Kier alpha value is -3.23. The van der Waals surface area contributed by atoms with Crippen molar-refractivity contribution in [3.8, 4) is 11.5 Å². The molecule has 2 aromatic rings. The fourth-order valence-electron chi connectivity index (χ4n) is 2.45. The second kappa shape index (κ2) is 7.56. The van der Waals surface area contributed by atoms with Gasteiger partial charge in [0.05, 0.1) is 12.8 Å². The van der Waals surface area contributed by atoms with Crippen molar-refractivity contribution in [1.82, 2.24) is 0 Å². The molecule has 27 heavy (non-hydrogen) atoms. The zero-order valence-corrected chi connectivity index (χ0v) is 14.1. The first-order chi connectivity index (χ1) is 12.8. The second-order valence-corrected chi connectivity index (χ2v) is 5.63. The Morgan fingerprint density at radius 2 is 1.93 bits per heavy atom. The van der Waals surface area contributed by atoms with Gasteiger partial charge in [0, 0.05) is 17.7 Å². The highest BCUT2D eigenvalue weighted by Gasteiger charge is 2.31. The van der Waals surface area contributed by atoms with E-state index in [1.54, 1.807) is 25.3 Å². The molecular weight excluding hydrogens is 365 g/mol. The lowest BCUT2D eigenvalue weighted by Crippen LogP contribution is -2.28. The summed E-state index contributed by atoms with van der Waals surface area (Å²) in [5.41, 5.74) is 1.69. The van der Waals surface area contributed by atoms with E-state index in [1.165, 1.54) is 12.1 Å². The first-order valence-electron chi connectivity index (χ1n) is 7.88. The fraction of sp³-hybridized carbons (Fsp3) is 0.222. The molecule has 0 aliphatic carbocycles. The number of hydrogen-bond donors (Lipinski definition) is 1.